The lowest BCUT2D eigenvalue weighted by molar-refractivity contribution is -0.115. The van der Waals surface area contributed by atoms with Crippen LogP contribution in [0, 0.1) is 0 Å². The summed E-state index contributed by atoms with van der Waals surface area (Å²) in [5.74, 6) is 1.63. The van der Waals surface area contributed by atoms with Crippen LogP contribution in [0.1, 0.15) is 11.1 Å². The number of ether oxygens (including phenoxy) is 3. The molecule has 6 nitrogen and oxygen atoms in total. The van der Waals surface area contributed by atoms with Crippen LogP contribution in [0.2, 0.25) is 0 Å². The number of methoxy groups -OCH3 is 3. The van der Waals surface area contributed by atoms with Crippen molar-refractivity contribution < 1.29 is 24.1 Å². The molecule has 0 aromatic heterocycles. The van der Waals surface area contributed by atoms with E-state index in [1.54, 1.807) is 45.6 Å². The molecule has 0 atom stereocenters. The van der Waals surface area contributed by atoms with Gasteiger partial charge in [0.2, 0.25) is 0 Å². The van der Waals surface area contributed by atoms with E-state index in [4.69, 9.17) is 14.2 Å². The Kier molecular flexibility index (Phi) is 6.91. The summed E-state index contributed by atoms with van der Waals surface area (Å²) in [6.45, 7) is 0.418. The highest BCUT2D eigenvalue weighted by Crippen LogP contribution is 2.27. The number of benzene rings is 2. The van der Waals surface area contributed by atoms with Gasteiger partial charge in [0.1, 0.15) is 5.75 Å². The first kappa shape index (κ1) is 19.2. The highest BCUT2D eigenvalue weighted by Gasteiger charge is 2.12. The number of aliphatic hydroxyl groups is 1. The van der Waals surface area contributed by atoms with Crippen LogP contribution >= 0.6 is 0 Å². The van der Waals surface area contributed by atoms with Gasteiger partial charge in [0.15, 0.2) is 11.5 Å². The third-order valence-electron chi connectivity index (χ3n) is 3.92. The Morgan fingerprint density at radius 1 is 1.00 bits per heavy atom. The van der Waals surface area contributed by atoms with Gasteiger partial charge >= 0.3 is 0 Å². The lowest BCUT2D eigenvalue weighted by Gasteiger charge is -2.11. The Morgan fingerprint density at radius 3 is 2.27 bits per heavy atom. The van der Waals surface area contributed by atoms with Gasteiger partial charge in [-0.1, -0.05) is 18.2 Å². The zero-order valence-electron chi connectivity index (χ0n) is 15.1. The zero-order chi connectivity index (χ0) is 18.9. The molecule has 0 spiro atoms. The summed E-state index contributed by atoms with van der Waals surface area (Å²) >= 11 is 0. The van der Waals surface area contributed by atoms with E-state index < -0.39 is 0 Å². The van der Waals surface area contributed by atoms with Crippen LogP contribution in [-0.2, 0) is 11.2 Å². The van der Waals surface area contributed by atoms with Crippen LogP contribution in [0.5, 0.6) is 17.2 Å². The molecule has 6 heteroatoms. The van der Waals surface area contributed by atoms with Crippen molar-refractivity contribution in [2.45, 2.75) is 6.42 Å². The SMILES string of the molecule is COc1ccc(/C(=C/O)C(=O)NCCc2ccc(OC)c(OC)c2)cc1. The molecule has 0 aliphatic rings. The molecule has 0 aliphatic carbocycles. The number of nitrogens with one attached hydrogen (secondary N) is 1. The fraction of sp³-hybridized carbons (Fsp3) is 0.250. The van der Waals surface area contributed by atoms with Crippen molar-refractivity contribution in [2.24, 2.45) is 0 Å². The number of carbonyl (C=O) groups excluding carboxylic acids is 1. The maximum absolute atomic E-state index is 12.3. The minimum atomic E-state index is -0.349. The van der Waals surface area contributed by atoms with E-state index in [-0.39, 0.29) is 11.5 Å². The maximum atomic E-state index is 12.3. The monoisotopic (exact) mass is 357 g/mol. The van der Waals surface area contributed by atoms with Crippen LogP contribution in [-0.4, -0.2) is 38.9 Å². The number of hydrogen-bond donors (Lipinski definition) is 2. The van der Waals surface area contributed by atoms with Gasteiger partial charge in [-0.3, -0.25) is 4.79 Å². The summed E-state index contributed by atoms with van der Waals surface area (Å²) in [6.07, 6.45) is 1.43. The average Bonchev–Trinajstić information content (AvgIpc) is 2.69. The van der Waals surface area contributed by atoms with Crippen molar-refractivity contribution >= 4 is 11.5 Å². The van der Waals surface area contributed by atoms with Crippen molar-refractivity contribution in [1.29, 1.82) is 0 Å². The topological polar surface area (TPSA) is 77.0 Å². The number of aliphatic hydroxyl groups excluding tert-OH is 1. The third-order valence-corrected chi connectivity index (χ3v) is 3.92. The number of amides is 1. The van der Waals surface area contributed by atoms with E-state index >= 15 is 0 Å². The molecule has 2 rings (SSSR count). The second kappa shape index (κ2) is 9.36. The molecule has 1 amide bonds. The molecule has 0 saturated carbocycles. The maximum Gasteiger partial charge on any atom is 0.255 e. The summed E-state index contributed by atoms with van der Waals surface area (Å²) in [5.41, 5.74) is 1.80. The van der Waals surface area contributed by atoms with Gasteiger partial charge in [0.05, 0.1) is 33.2 Å². The molecule has 0 saturated heterocycles. The van der Waals surface area contributed by atoms with Crippen molar-refractivity contribution in [1.82, 2.24) is 5.32 Å². The molecular weight excluding hydrogens is 334 g/mol. The predicted molar refractivity (Wildman–Crippen MR) is 99.9 cm³/mol. The van der Waals surface area contributed by atoms with Crippen molar-refractivity contribution in [3.63, 3.8) is 0 Å². The Balaban J connectivity index is 1.96. The van der Waals surface area contributed by atoms with E-state index in [0.717, 1.165) is 11.8 Å². The number of hydrogen-bond acceptors (Lipinski definition) is 5. The molecule has 0 bridgehead atoms. The van der Waals surface area contributed by atoms with Crippen molar-refractivity contribution in [2.75, 3.05) is 27.9 Å². The van der Waals surface area contributed by atoms with Gasteiger partial charge in [-0.05, 0) is 41.8 Å². The van der Waals surface area contributed by atoms with Crippen molar-refractivity contribution in [3.05, 3.63) is 59.9 Å². The number of carbonyl (C=O) groups is 1. The first-order valence-electron chi connectivity index (χ1n) is 8.10. The molecule has 0 radical (unpaired) electrons. The largest absolute Gasteiger partial charge is 0.515 e. The molecule has 2 aromatic rings. The third kappa shape index (κ3) is 4.69. The summed E-state index contributed by atoms with van der Waals surface area (Å²) in [5, 5.41) is 12.2. The van der Waals surface area contributed by atoms with Gasteiger partial charge in [0, 0.05) is 6.54 Å². The van der Waals surface area contributed by atoms with Gasteiger partial charge in [0.25, 0.3) is 5.91 Å². The van der Waals surface area contributed by atoms with E-state index in [2.05, 4.69) is 5.32 Å². The van der Waals surface area contributed by atoms with Crippen LogP contribution in [0.3, 0.4) is 0 Å². The Morgan fingerprint density at radius 2 is 1.69 bits per heavy atom. The Labute approximate surface area is 153 Å². The zero-order valence-corrected chi connectivity index (χ0v) is 15.1. The lowest BCUT2D eigenvalue weighted by Crippen LogP contribution is -2.26. The molecule has 0 fully saturated rings. The number of rotatable bonds is 8. The standard InChI is InChI=1S/C20H23NO5/c1-24-16-7-5-15(6-8-16)17(13-22)20(23)21-11-10-14-4-9-18(25-2)19(12-14)26-3/h4-9,12-13,22H,10-11H2,1-3H3,(H,21,23)/b17-13-. The lowest BCUT2D eigenvalue weighted by atomic mass is 10.1. The first-order valence-corrected chi connectivity index (χ1v) is 8.10. The fourth-order valence-electron chi connectivity index (χ4n) is 2.49. The van der Waals surface area contributed by atoms with Crippen LogP contribution < -0.4 is 19.5 Å². The average molecular weight is 357 g/mol. The van der Waals surface area contributed by atoms with E-state index in [0.29, 0.717) is 35.8 Å². The quantitative estimate of drug-likeness (QED) is 0.561. The van der Waals surface area contributed by atoms with Gasteiger partial charge in [-0.25, -0.2) is 0 Å². The summed E-state index contributed by atoms with van der Waals surface area (Å²) in [6, 6.07) is 12.5. The first-order chi connectivity index (χ1) is 12.6. The molecule has 0 heterocycles. The van der Waals surface area contributed by atoms with Gasteiger partial charge < -0.3 is 24.6 Å². The van der Waals surface area contributed by atoms with Gasteiger partial charge in [-0.2, -0.15) is 0 Å². The highest BCUT2D eigenvalue weighted by molar-refractivity contribution is 6.19. The highest BCUT2D eigenvalue weighted by atomic mass is 16.5. The minimum Gasteiger partial charge on any atom is -0.515 e. The second-order valence-corrected chi connectivity index (χ2v) is 5.47. The van der Waals surface area contributed by atoms with Crippen molar-refractivity contribution in [3.8, 4) is 17.2 Å². The van der Waals surface area contributed by atoms with Gasteiger partial charge in [-0.15, -0.1) is 0 Å². The van der Waals surface area contributed by atoms with Crippen LogP contribution in [0.4, 0.5) is 0 Å². The predicted octanol–water partition coefficient (Wildman–Crippen LogP) is 2.97. The summed E-state index contributed by atoms with van der Waals surface area (Å²) in [4.78, 5) is 12.3. The molecule has 2 aromatic carbocycles. The fourth-order valence-corrected chi connectivity index (χ4v) is 2.49. The molecule has 0 unspecified atom stereocenters. The molecule has 26 heavy (non-hydrogen) atoms. The molecular formula is C20H23NO5. The normalized spacial score (nSPS) is 11.0. The second-order valence-electron chi connectivity index (χ2n) is 5.47. The molecule has 0 aliphatic heterocycles. The van der Waals surface area contributed by atoms with E-state index in [1.165, 1.54) is 0 Å². The van der Waals surface area contributed by atoms with Crippen LogP contribution in [0.25, 0.3) is 5.57 Å². The smallest absolute Gasteiger partial charge is 0.255 e. The Hall–Kier alpha value is -3.15. The van der Waals surface area contributed by atoms with E-state index in [1.807, 2.05) is 18.2 Å². The van der Waals surface area contributed by atoms with E-state index in [9.17, 15) is 9.90 Å². The molecule has 2 N–H and O–H groups in total. The van der Waals surface area contributed by atoms with Crippen LogP contribution in [0.15, 0.2) is 48.7 Å². The summed E-state index contributed by atoms with van der Waals surface area (Å²) < 4.78 is 15.6. The molecule has 138 valence electrons. The Bertz CT molecular complexity index is 768. The minimum absolute atomic E-state index is 0.194. The summed E-state index contributed by atoms with van der Waals surface area (Å²) in [7, 11) is 4.73.